The van der Waals surface area contributed by atoms with Gasteiger partial charge in [0.2, 0.25) is 0 Å². The van der Waals surface area contributed by atoms with Gasteiger partial charge in [0.05, 0.1) is 22.2 Å². The van der Waals surface area contributed by atoms with Crippen LogP contribution in [0.4, 0.5) is 34.1 Å². The highest BCUT2D eigenvalue weighted by atomic mass is 16.3. The molecule has 2 heterocycles. The molecule has 17 rings (SSSR count). The van der Waals surface area contributed by atoms with E-state index in [-0.39, 0.29) is 0 Å². The van der Waals surface area contributed by atoms with E-state index in [1.165, 1.54) is 0 Å². The van der Waals surface area contributed by atoms with Crippen molar-refractivity contribution in [2.45, 2.75) is 33.1 Å². The van der Waals surface area contributed by atoms with E-state index in [2.05, 4.69) is 353 Å². The summed E-state index contributed by atoms with van der Waals surface area (Å²) < 4.78 is 15.4. The monoisotopic (exact) mass is 1190 g/mol. The van der Waals surface area contributed by atoms with Crippen LogP contribution in [0.5, 0.6) is 0 Å². The molecule has 1 aliphatic carbocycles. The summed E-state index contributed by atoms with van der Waals surface area (Å²) in [5.41, 5.74) is 28.6. The van der Waals surface area contributed by atoms with Gasteiger partial charge in [0, 0.05) is 50.0 Å². The lowest BCUT2D eigenvalue weighted by Crippen LogP contribution is -2.29. The molecule has 0 fully saturated rings. The van der Waals surface area contributed by atoms with Crippen LogP contribution in [0.2, 0.25) is 0 Å². The average molecular weight is 1190 g/mol. The summed E-state index contributed by atoms with van der Waals surface area (Å²) in [4.78, 5) is 5.06. The molecule has 0 atom stereocenters. The first-order chi connectivity index (χ1) is 45.8. The Balaban J connectivity index is 1.06. The first kappa shape index (κ1) is 55.4. The van der Waals surface area contributed by atoms with Crippen molar-refractivity contribution < 1.29 is 8.83 Å². The van der Waals surface area contributed by atoms with Crippen LogP contribution in [0, 0.1) is 27.7 Å². The minimum Gasteiger partial charge on any atom is -0.455 e. The van der Waals surface area contributed by atoms with Crippen molar-refractivity contribution in [1.82, 2.24) is 0 Å². The van der Waals surface area contributed by atoms with Gasteiger partial charge in [-0.1, -0.05) is 267 Å². The van der Waals surface area contributed by atoms with Crippen LogP contribution in [0.25, 0.3) is 99.5 Å². The SMILES string of the molecule is Cc1ccc(-c2ccccc2)cc1N(c1cc(-c2ccccc2)ccc1C)c1cc2c(c3c1oc1ccccc13)-c1c(cc(N(c3cc(-c4ccccc4)ccc3C)c3cc(-c4ccccc4)ccc3C)c3c1oc1ccccc13)C2(c1ccccc1)c1ccccc1. The van der Waals surface area contributed by atoms with Crippen LogP contribution in [0.1, 0.15) is 44.5 Å². The zero-order valence-corrected chi connectivity index (χ0v) is 52.2. The molecule has 1 aliphatic rings. The van der Waals surface area contributed by atoms with Gasteiger partial charge in [0.15, 0.2) is 5.58 Å². The number of rotatable bonds is 12. The van der Waals surface area contributed by atoms with Crippen LogP contribution < -0.4 is 9.80 Å². The second-order valence-electron chi connectivity index (χ2n) is 24.9. The minimum absolute atomic E-state index is 0.781. The molecule has 442 valence electrons. The average Bonchev–Trinajstić information content (AvgIpc) is 1.51. The van der Waals surface area contributed by atoms with Crippen molar-refractivity contribution in [1.29, 1.82) is 0 Å². The zero-order chi connectivity index (χ0) is 62.3. The molecule has 0 N–H and O–H groups in total. The molecule has 16 aromatic rings. The predicted molar refractivity (Wildman–Crippen MR) is 388 cm³/mol. The molecule has 0 saturated carbocycles. The van der Waals surface area contributed by atoms with Gasteiger partial charge in [-0.05, 0) is 165 Å². The molecule has 0 spiro atoms. The molecule has 14 aromatic carbocycles. The van der Waals surface area contributed by atoms with Crippen LogP contribution in [-0.4, -0.2) is 0 Å². The Morgan fingerprint density at radius 3 is 0.957 bits per heavy atom. The molecule has 0 amide bonds. The normalized spacial score (nSPS) is 12.4. The van der Waals surface area contributed by atoms with Gasteiger partial charge in [0.25, 0.3) is 0 Å². The number of anilines is 6. The number of aryl methyl sites for hydroxylation is 4. The standard InChI is InChI=1S/C89H64N2O2/c1-57-43-47-65(61-27-11-5-12-28-61)51-75(57)90(76-52-66(48-44-58(76)2)62-29-13-6-14-30-62)79-55-74-86(88-83(79)71-39-23-25-41-81(71)93-88)85-73(89(74,69-35-19-9-20-36-69)70-37-21-10-22-38-70)56-80(87-84(85)72-40-24-26-42-82(72)92-87)91(77-53-67(49-45-59(77)3)63-31-15-7-16-32-63)78-54-68(50-46-60(78)4)64-33-17-8-18-34-64/h5-56H,1-4H3. The summed E-state index contributed by atoms with van der Waals surface area (Å²) >= 11 is 0. The van der Waals surface area contributed by atoms with Crippen molar-refractivity contribution in [3.05, 3.63) is 360 Å². The third kappa shape index (κ3) is 8.96. The topological polar surface area (TPSA) is 32.8 Å². The predicted octanol–water partition coefficient (Wildman–Crippen LogP) is 24.7. The molecule has 0 unspecified atom stereocenters. The zero-order valence-electron chi connectivity index (χ0n) is 52.2. The fourth-order valence-electron chi connectivity index (χ4n) is 14.9. The van der Waals surface area contributed by atoms with Crippen LogP contribution in [-0.2, 0) is 5.41 Å². The second kappa shape index (κ2) is 22.3. The third-order valence-corrected chi connectivity index (χ3v) is 19.4. The number of fused-ring (bicyclic) bond motifs is 11. The Bertz CT molecular complexity index is 5320. The molecular weight excluding hydrogens is 1130 g/mol. The lowest BCUT2D eigenvalue weighted by molar-refractivity contribution is 0.668. The summed E-state index contributed by atoms with van der Waals surface area (Å²) in [7, 11) is 0. The van der Waals surface area contributed by atoms with Gasteiger partial charge in [-0.3, -0.25) is 0 Å². The molecule has 0 bridgehead atoms. The fourth-order valence-corrected chi connectivity index (χ4v) is 14.9. The Morgan fingerprint density at radius 1 is 0.247 bits per heavy atom. The van der Waals surface area contributed by atoms with Gasteiger partial charge >= 0.3 is 0 Å². The number of hydrogen-bond donors (Lipinski definition) is 0. The largest absolute Gasteiger partial charge is 0.455 e. The quantitative estimate of drug-likeness (QED) is 0.122. The fraction of sp³-hybridized carbons (Fsp3) is 0.0562. The van der Waals surface area contributed by atoms with Crippen LogP contribution >= 0.6 is 0 Å². The highest BCUT2D eigenvalue weighted by Gasteiger charge is 2.51. The molecule has 0 saturated heterocycles. The van der Waals surface area contributed by atoms with E-state index in [4.69, 9.17) is 8.83 Å². The summed E-state index contributed by atoms with van der Waals surface area (Å²) in [5.74, 6) is 0. The Labute approximate surface area is 542 Å². The van der Waals surface area contributed by atoms with Gasteiger partial charge in [-0.2, -0.15) is 0 Å². The van der Waals surface area contributed by atoms with Crippen LogP contribution in [0.3, 0.4) is 0 Å². The van der Waals surface area contributed by atoms with Crippen molar-refractivity contribution in [3.63, 3.8) is 0 Å². The van der Waals surface area contributed by atoms with E-state index in [1.807, 2.05) is 0 Å². The lowest BCUT2D eigenvalue weighted by atomic mass is 9.67. The van der Waals surface area contributed by atoms with E-state index in [0.29, 0.717) is 0 Å². The maximum absolute atomic E-state index is 7.75. The van der Waals surface area contributed by atoms with Crippen molar-refractivity contribution in [2.24, 2.45) is 0 Å². The number of furan rings is 2. The molecule has 0 radical (unpaired) electrons. The maximum atomic E-state index is 7.75. The van der Waals surface area contributed by atoms with Gasteiger partial charge < -0.3 is 18.6 Å². The second-order valence-corrected chi connectivity index (χ2v) is 24.9. The van der Waals surface area contributed by atoms with Crippen molar-refractivity contribution in [2.75, 3.05) is 9.80 Å². The Hall–Kier alpha value is -11.7. The number of benzene rings is 14. The molecule has 2 aromatic heterocycles. The molecule has 93 heavy (non-hydrogen) atoms. The summed E-state index contributed by atoms with van der Waals surface area (Å²) in [6, 6.07) is 115. The number of para-hydroxylation sites is 2. The molecule has 4 nitrogen and oxygen atoms in total. The first-order valence-electron chi connectivity index (χ1n) is 32.1. The van der Waals surface area contributed by atoms with E-state index in [9.17, 15) is 0 Å². The van der Waals surface area contributed by atoms with E-state index >= 15 is 0 Å². The van der Waals surface area contributed by atoms with Crippen molar-refractivity contribution in [3.8, 4) is 55.6 Å². The van der Waals surface area contributed by atoms with Crippen LogP contribution in [0.15, 0.2) is 324 Å². The smallest absolute Gasteiger partial charge is 0.160 e. The Kier molecular flexibility index (Phi) is 13.3. The van der Waals surface area contributed by atoms with Gasteiger partial charge in [-0.25, -0.2) is 0 Å². The summed E-state index contributed by atoms with van der Waals surface area (Å²) in [5, 5.41) is 4.10. The van der Waals surface area contributed by atoms with E-state index in [0.717, 1.165) is 178 Å². The maximum Gasteiger partial charge on any atom is 0.160 e. The highest BCUT2D eigenvalue weighted by Crippen LogP contribution is 2.65. The molecule has 0 aliphatic heterocycles. The summed E-state index contributed by atoms with van der Waals surface area (Å²) in [6.07, 6.45) is 0. The Morgan fingerprint density at radius 2 is 0.559 bits per heavy atom. The highest BCUT2D eigenvalue weighted by molar-refractivity contribution is 6.26. The van der Waals surface area contributed by atoms with E-state index in [1.54, 1.807) is 0 Å². The number of hydrogen-bond acceptors (Lipinski definition) is 4. The number of nitrogens with zero attached hydrogens (tertiary/aromatic N) is 2. The van der Waals surface area contributed by atoms with Crippen molar-refractivity contribution >= 4 is 78.0 Å². The molecule has 4 heteroatoms. The molecular formula is C89H64N2O2. The van der Waals surface area contributed by atoms with E-state index < -0.39 is 5.41 Å². The minimum atomic E-state index is -0.975. The first-order valence-corrected chi connectivity index (χ1v) is 32.1. The third-order valence-electron chi connectivity index (χ3n) is 19.4. The summed E-state index contributed by atoms with van der Waals surface area (Å²) in [6.45, 7) is 8.99. The van der Waals surface area contributed by atoms with Gasteiger partial charge in [0.1, 0.15) is 16.7 Å². The van der Waals surface area contributed by atoms with Gasteiger partial charge in [-0.15, -0.1) is 0 Å². The lowest BCUT2D eigenvalue weighted by Gasteiger charge is -2.36.